The topological polar surface area (TPSA) is 32.3 Å². The number of anilines is 1. The van der Waals surface area contributed by atoms with Crippen LogP contribution in [-0.4, -0.2) is 31.4 Å². The Morgan fingerprint density at radius 2 is 1.73 bits per heavy atom. The standard InChI is InChI=1S/C30H36N2O/c1-5-6-7-12-25-17-18-26(29-14-9-8-13-28(25)29)22-23(2)30(33)31-27-19-15-24(16-20-27)11-10-21-32(3)4/h8-9,13-20,23H,5-6,10-11,21-22H2,1-4H3,(H,31,33)/t23-/m1/s1. The van der Waals surface area contributed by atoms with Gasteiger partial charge in [0.15, 0.2) is 0 Å². The van der Waals surface area contributed by atoms with Gasteiger partial charge in [0, 0.05) is 23.6 Å². The fraction of sp³-hybridized carbons (Fsp3) is 0.367. The van der Waals surface area contributed by atoms with Crippen LogP contribution in [-0.2, 0) is 17.6 Å². The molecule has 1 amide bonds. The zero-order valence-corrected chi connectivity index (χ0v) is 20.4. The van der Waals surface area contributed by atoms with Crippen LogP contribution in [0, 0.1) is 17.8 Å². The van der Waals surface area contributed by atoms with Gasteiger partial charge in [0.2, 0.25) is 5.91 Å². The van der Waals surface area contributed by atoms with Crippen LogP contribution >= 0.6 is 0 Å². The third-order valence-electron chi connectivity index (χ3n) is 5.88. The van der Waals surface area contributed by atoms with E-state index in [1.807, 2.05) is 19.1 Å². The minimum atomic E-state index is -0.134. The molecule has 3 nitrogen and oxygen atoms in total. The number of aryl methyl sites for hydroxylation is 1. The van der Waals surface area contributed by atoms with E-state index in [-0.39, 0.29) is 11.8 Å². The Bertz CT molecular complexity index is 1120. The predicted octanol–water partition coefficient (Wildman–Crippen LogP) is 6.30. The molecule has 3 aromatic rings. The molecular weight excluding hydrogens is 404 g/mol. The van der Waals surface area contributed by atoms with Crippen molar-refractivity contribution in [2.75, 3.05) is 26.0 Å². The third-order valence-corrected chi connectivity index (χ3v) is 5.88. The van der Waals surface area contributed by atoms with Crippen molar-refractivity contribution in [2.24, 2.45) is 5.92 Å². The molecule has 0 fully saturated rings. The van der Waals surface area contributed by atoms with Crippen molar-refractivity contribution in [1.29, 1.82) is 0 Å². The highest BCUT2D eigenvalue weighted by Crippen LogP contribution is 2.25. The molecule has 0 heterocycles. The minimum Gasteiger partial charge on any atom is -0.326 e. The normalized spacial score (nSPS) is 11.8. The van der Waals surface area contributed by atoms with Gasteiger partial charge in [-0.15, -0.1) is 0 Å². The average molecular weight is 441 g/mol. The molecule has 33 heavy (non-hydrogen) atoms. The van der Waals surface area contributed by atoms with E-state index in [9.17, 15) is 4.79 Å². The molecule has 172 valence electrons. The van der Waals surface area contributed by atoms with Crippen LogP contribution in [0.4, 0.5) is 5.69 Å². The Kier molecular flexibility index (Phi) is 9.10. The van der Waals surface area contributed by atoms with Gasteiger partial charge in [0.25, 0.3) is 0 Å². The van der Waals surface area contributed by atoms with E-state index >= 15 is 0 Å². The Morgan fingerprint density at radius 3 is 2.42 bits per heavy atom. The van der Waals surface area contributed by atoms with Crippen molar-refractivity contribution in [1.82, 2.24) is 4.90 Å². The number of nitrogens with one attached hydrogen (secondary N) is 1. The van der Waals surface area contributed by atoms with Gasteiger partial charge in [-0.25, -0.2) is 0 Å². The van der Waals surface area contributed by atoms with Gasteiger partial charge in [0.1, 0.15) is 0 Å². The third kappa shape index (κ3) is 7.20. The van der Waals surface area contributed by atoms with Crippen LogP contribution in [0.25, 0.3) is 10.8 Å². The number of unbranched alkanes of at least 4 members (excludes halogenated alkanes) is 1. The lowest BCUT2D eigenvalue weighted by atomic mass is 9.93. The van der Waals surface area contributed by atoms with Gasteiger partial charge < -0.3 is 10.2 Å². The van der Waals surface area contributed by atoms with Crippen LogP contribution in [0.2, 0.25) is 0 Å². The lowest BCUT2D eigenvalue weighted by molar-refractivity contribution is -0.119. The summed E-state index contributed by atoms with van der Waals surface area (Å²) in [5.41, 5.74) is 4.40. The summed E-state index contributed by atoms with van der Waals surface area (Å²) in [4.78, 5) is 15.1. The zero-order valence-electron chi connectivity index (χ0n) is 20.4. The Morgan fingerprint density at radius 1 is 1.00 bits per heavy atom. The minimum absolute atomic E-state index is 0.0475. The van der Waals surface area contributed by atoms with Crippen molar-refractivity contribution in [3.8, 4) is 11.8 Å². The van der Waals surface area contributed by atoms with E-state index in [1.54, 1.807) is 0 Å². The molecule has 3 heteroatoms. The van der Waals surface area contributed by atoms with E-state index in [4.69, 9.17) is 0 Å². The van der Waals surface area contributed by atoms with E-state index in [2.05, 4.69) is 91.6 Å². The summed E-state index contributed by atoms with van der Waals surface area (Å²) in [6.07, 6.45) is 4.85. The second-order valence-electron chi connectivity index (χ2n) is 9.07. The van der Waals surface area contributed by atoms with Crippen molar-refractivity contribution in [3.05, 3.63) is 77.4 Å². The Hall–Kier alpha value is -3.09. The van der Waals surface area contributed by atoms with Crippen LogP contribution in [0.5, 0.6) is 0 Å². The lowest BCUT2D eigenvalue weighted by Crippen LogP contribution is -2.22. The van der Waals surface area contributed by atoms with Gasteiger partial charge in [-0.3, -0.25) is 4.79 Å². The monoisotopic (exact) mass is 440 g/mol. The number of fused-ring (bicyclic) bond motifs is 1. The van der Waals surface area contributed by atoms with E-state index in [0.29, 0.717) is 6.42 Å². The molecule has 0 aliphatic rings. The van der Waals surface area contributed by atoms with Gasteiger partial charge in [-0.1, -0.05) is 68.2 Å². The Balaban J connectivity index is 1.65. The molecule has 0 radical (unpaired) electrons. The fourth-order valence-electron chi connectivity index (χ4n) is 3.97. The van der Waals surface area contributed by atoms with Crippen molar-refractivity contribution >= 4 is 22.4 Å². The highest BCUT2D eigenvalue weighted by atomic mass is 16.1. The second kappa shape index (κ2) is 12.2. The molecule has 0 spiro atoms. The summed E-state index contributed by atoms with van der Waals surface area (Å²) in [5.74, 6) is 6.48. The molecule has 0 saturated carbocycles. The largest absolute Gasteiger partial charge is 0.326 e. The number of carbonyl (C=O) groups is 1. The first kappa shape index (κ1) is 24.6. The molecule has 0 unspecified atom stereocenters. The number of hydrogen-bond donors (Lipinski definition) is 1. The number of nitrogens with zero attached hydrogens (tertiary/aromatic N) is 1. The molecule has 3 rings (SSSR count). The molecule has 1 N–H and O–H groups in total. The second-order valence-corrected chi connectivity index (χ2v) is 9.07. The first-order valence-electron chi connectivity index (χ1n) is 12.0. The maximum absolute atomic E-state index is 12.9. The number of carbonyl (C=O) groups excluding carboxylic acids is 1. The van der Waals surface area contributed by atoms with Crippen molar-refractivity contribution < 1.29 is 4.79 Å². The molecule has 0 aliphatic carbocycles. The Labute approximate surface area is 199 Å². The summed E-state index contributed by atoms with van der Waals surface area (Å²) in [7, 11) is 4.19. The van der Waals surface area contributed by atoms with Crippen LogP contribution in [0.3, 0.4) is 0 Å². The molecule has 0 aliphatic heterocycles. The fourth-order valence-corrected chi connectivity index (χ4v) is 3.97. The van der Waals surface area contributed by atoms with Gasteiger partial charge in [-0.05, 0) is 86.4 Å². The van der Waals surface area contributed by atoms with Crippen molar-refractivity contribution in [2.45, 2.75) is 46.0 Å². The highest BCUT2D eigenvalue weighted by molar-refractivity contribution is 5.94. The summed E-state index contributed by atoms with van der Waals surface area (Å²) in [6.45, 7) is 5.22. The number of hydrogen-bond acceptors (Lipinski definition) is 2. The van der Waals surface area contributed by atoms with Crippen LogP contribution < -0.4 is 5.32 Å². The maximum atomic E-state index is 12.9. The summed E-state index contributed by atoms with van der Waals surface area (Å²) < 4.78 is 0. The van der Waals surface area contributed by atoms with Crippen LogP contribution in [0.15, 0.2) is 60.7 Å². The molecule has 0 saturated heterocycles. The lowest BCUT2D eigenvalue weighted by Gasteiger charge is -2.15. The number of benzene rings is 3. The summed E-state index contributed by atoms with van der Waals surface area (Å²) >= 11 is 0. The SMILES string of the molecule is CCCC#Cc1ccc(C[C@@H](C)C(=O)Nc2ccc(CCCN(C)C)cc2)c2ccccc12. The predicted molar refractivity (Wildman–Crippen MR) is 141 cm³/mol. The van der Waals surface area contributed by atoms with E-state index in [1.165, 1.54) is 16.5 Å². The molecule has 0 aromatic heterocycles. The molecule has 0 bridgehead atoms. The van der Waals surface area contributed by atoms with E-state index in [0.717, 1.165) is 48.9 Å². The molecular formula is C30H36N2O. The molecule has 1 atom stereocenters. The van der Waals surface area contributed by atoms with Gasteiger partial charge in [0.05, 0.1) is 0 Å². The quantitative estimate of drug-likeness (QED) is 0.396. The van der Waals surface area contributed by atoms with Gasteiger partial charge in [-0.2, -0.15) is 0 Å². The van der Waals surface area contributed by atoms with E-state index < -0.39 is 0 Å². The van der Waals surface area contributed by atoms with Gasteiger partial charge >= 0.3 is 0 Å². The number of rotatable bonds is 9. The smallest absolute Gasteiger partial charge is 0.227 e. The zero-order chi connectivity index (χ0) is 23.6. The number of amides is 1. The maximum Gasteiger partial charge on any atom is 0.227 e. The van der Waals surface area contributed by atoms with Crippen molar-refractivity contribution in [3.63, 3.8) is 0 Å². The average Bonchev–Trinajstić information content (AvgIpc) is 2.81. The highest BCUT2D eigenvalue weighted by Gasteiger charge is 2.16. The first-order chi connectivity index (χ1) is 16.0. The summed E-state index contributed by atoms with van der Waals surface area (Å²) in [6, 6.07) is 20.8. The summed E-state index contributed by atoms with van der Waals surface area (Å²) in [5, 5.41) is 5.43. The van der Waals surface area contributed by atoms with Crippen LogP contribution in [0.1, 0.15) is 49.8 Å². The molecule has 3 aromatic carbocycles. The first-order valence-corrected chi connectivity index (χ1v) is 12.0.